The SMILES string of the molecule is C1=CC2CC=NN2C=C1. The van der Waals surface area contributed by atoms with Crippen molar-refractivity contribution in [2.45, 2.75) is 12.5 Å². The lowest BCUT2D eigenvalue weighted by molar-refractivity contribution is 0.368. The third-order valence-corrected chi connectivity index (χ3v) is 1.58. The van der Waals surface area contributed by atoms with Gasteiger partial charge in [0, 0.05) is 18.8 Å². The van der Waals surface area contributed by atoms with Crippen LogP contribution in [-0.2, 0) is 0 Å². The van der Waals surface area contributed by atoms with Gasteiger partial charge in [0.1, 0.15) is 0 Å². The van der Waals surface area contributed by atoms with Crippen LogP contribution in [0.1, 0.15) is 6.42 Å². The second-order valence-corrected chi connectivity index (χ2v) is 2.21. The van der Waals surface area contributed by atoms with Gasteiger partial charge in [-0.2, -0.15) is 5.10 Å². The average Bonchev–Trinajstić information content (AvgIpc) is 2.33. The van der Waals surface area contributed by atoms with Crippen LogP contribution < -0.4 is 0 Å². The van der Waals surface area contributed by atoms with Crippen molar-refractivity contribution < 1.29 is 0 Å². The number of rotatable bonds is 0. The van der Waals surface area contributed by atoms with Gasteiger partial charge in [0.25, 0.3) is 0 Å². The second kappa shape index (κ2) is 1.72. The molecule has 0 saturated carbocycles. The largest absolute Gasteiger partial charge is 0.266 e. The highest BCUT2D eigenvalue weighted by Crippen LogP contribution is 2.15. The fourth-order valence-electron chi connectivity index (χ4n) is 1.09. The van der Waals surface area contributed by atoms with Crippen molar-refractivity contribution in [2.75, 3.05) is 0 Å². The minimum Gasteiger partial charge on any atom is -0.266 e. The summed E-state index contributed by atoms with van der Waals surface area (Å²) in [5, 5.41) is 6.10. The molecule has 2 aliphatic heterocycles. The van der Waals surface area contributed by atoms with Crippen molar-refractivity contribution >= 4 is 6.21 Å². The zero-order chi connectivity index (χ0) is 6.10. The Bertz CT molecular complexity index is 191. The molecule has 2 rings (SSSR count). The number of hydrogen-bond donors (Lipinski definition) is 0. The summed E-state index contributed by atoms with van der Waals surface area (Å²) in [6.45, 7) is 0. The summed E-state index contributed by atoms with van der Waals surface area (Å²) in [4.78, 5) is 0. The van der Waals surface area contributed by atoms with Crippen LogP contribution in [0.25, 0.3) is 0 Å². The maximum atomic E-state index is 4.13. The van der Waals surface area contributed by atoms with Crippen molar-refractivity contribution in [3.63, 3.8) is 0 Å². The molecule has 2 heteroatoms. The molecular formula is C7H8N2. The molecular weight excluding hydrogens is 112 g/mol. The van der Waals surface area contributed by atoms with Crippen LogP contribution in [0.4, 0.5) is 0 Å². The summed E-state index contributed by atoms with van der Waals surface area (Å²) in [6, 6.07) is 0.509. The summed E-state index contributed by atoms with van der Waals surface area (Å²) >= 11 is 0. The van der Waals surface area contributed by atoms with E-state index >= 15 is 0 Å². The molecule has 0 radical (unpaired) electrons. The van der Waals surface area contributed by atoms with Crippen molar-refractivity contribution in [2.24, 2.45) is 5.10 Å². The summed E-state index contributed by atoms with van der Waals surface area (Å²) in [5.74, 6) is 0. The van der Waals surface area contributed by atoms with Gasteiger partial charge in [-0.05, 0) is 6.08 Å². The molecule has 0 aromatic rings. The van der Waals surface area contributed by atoms with E-state index in [1.165, 1.54) is 0 Å². The van der Waals surface area contributed by atoms with E-state index in [0.29, 0.717) is 6.04 Å². The van der Waals surface area contributed by atoms with Gasteiger partial charge in [0.05, 0.1) is 6.04 Å². The molecule has 2 aliphatic rings. The van der Waals surface area contributed by atoms with E-state index < -0.39 is 0 Å². The smallest absolute Gasteiger partial charge is 0.0752 e. The van der Waals surface area contributed by atoms with Gasteiger partial charge in [-0.15, -0.1) is 0 Å². The summed E-state index contributed by atoms with van der Waals surface area (Å²) in [5.41, 5.74) is 0. The molecule has 0 aromatic carbocycles. The average molecular weight is 120 g/mol. The second-order valence-electron chi connectivity index (χ2n) is 2.21. The van der Waals surface area contributed by atoms with Gasteiger partial charge in [-0.25, -0.2) is 0 Å². The Balaban J connectivity index is 2.25. The predicted molar refractivity (Wildman–Crippen MR) is 37.0 cm³/mol. The van der Waals surface area contributed by atoms with Crippen LogP contribution in [0.5, 0.6) is 0 Å². The number of hydrazone groups is 1. The van der Waals surface area contributed by atoms with Gasteiger partial charge in [-0.3, -0.25) is 5.01 Å². The normalized spacial score (nSPS) is 29.3. The Hall–Kier alpha value is -1.05. The van der Waals surface area contributed by atoms with E-state index in [-0.39, 0.29) is 0 Å². The van der Waals surface area contributed by atoms with Gasteiger partial charge < -0.3 is 0 Å². The molecule has 1 atom stereocenters. The van der Waals surface area contributed by atoms with E-state index in [4.69, 9.17) is 0 Å². The number of nitrogens with zero attached hydrogens (tertiary/aromatic N) is 2. The molecule has 0 amide bonds. The molecule has 0 bridgehead atoms. The Morgan fingerprint density at radius 1 is 1.44 bits per heavy atom. The highest BCUT2D eigenvalue weighted by atomic mass is 15.5. The van der Waals surface area contributed by atoms with Crippen molar-refractivity contribution in [1.29, 1.82) is 0 Å². The first kappa shape index (κ1) is 4.79. The first-order chi connectivity index (χ1) is 4.47. The first-order valence-corrected chi connectivity index (χ1v) is 3.12. The molecule has 0 aromatic heterocycles. The first-order valence-electron chi connectivity index (χ1n) is 3.12. The van der Waals surface area contributed by atoms with Crippen molar-refractivity contribution in [3.05, 3.63) is 24.4 Å². The molecule has 2 nitrogen and oxygen atoms in total. The summed E-state index contributed by atoms with van der Waals surface area (Å²) < 4.78 is 0. The quantitative estimate of drug-likeness (QED) is 0.468. The standard InChI is InChI=1S/C7H8N2/c1-2-6-9-7(3-1)4-5-8-9/h1-3,5-7H,4H2. The monoisotopic (exact) mass is 120 g/mol. The lowest BCUT2D eigenvalue weighted by Crippen LogP contribution is -2.20. The van der Waals surface area contributed by atoms with Crippen molar-refractivity contribution in [3.8, 4) is 0 Å². The van der Waals surface area contributed by atoms with Gasteiger partial charge in [0.2, 0.25) is 0 Å². The topological polar surface area (TPSA) is 15.6 Å². The number of allylic oxidation sites excluding steroid dienone is 2. The van der Waals surface area contributed by atoms with E-state index in [1.807, 2.05) is 23.5 Å². The Kier molecular flexibility index (Phi) is 0.918. The Morgan fingerprint density at radius 2 is 2.44 bits per heavy atom. The molecule has 0 aliphatic carbocycles. The third kappa shape index (κ3) is 0.669. The molecule has 2 heterocycles. The summed E-state index contributed by atoms with van der Waals surface area (Å²) in [6.07, 6.45) is 11.2. The van der Waals surface area contributed by atoms with Gasteiger partial charge in [-0.1, -0.05) is 12.2 Å². The molecule has 0 N–H and O–H groups in total. The van der Waals surface area contributed by atoms with Crippen molar-refractivity contribution in [1.82, 2.24) is 5.01 Å². The van der Waals surface area contributed by atoms with Crippen LogP contribution in [0.15, 0.2) is 29.5 Å². The third-order valence-electron chi connectivity index (χ3n) is 1.58. The molecule has 0 saturated heterocycles. The van der Waals surface area contributed by atoms with Crippen LogP contribution in [0, 0.1) is 0 Å². The van der Waals surface area contributed by atoms with Gasteiger partial charge in [0.15, 0.2) is 0 Å². The van der Waals surface area contributed by atoms with E-state index in [0.717, 1.165) is 6.42 Å². The summed E-state index contributed by atoms with van der Waals surface area (Å²) in [7, 11) is 0. The predicted octanol–water partition coefficient (Wildman–Crippen LogP) is 1.13. The van der Waals surface area contributed by atoms with Crippen LogP contribution in [0.3, 0.4) is 0 Å². The van der Waals surface area contributed by atoms with Crippen LogP contribution >= 0.6 is 0 Å². The van der Waals surface area contributed by atoms with E-state index in [9.17, 15) is 0 Å². The highest BCUT2D eigenvalue weighted by Gasteiger charge is 2.15. The van der Waals surface area contributed by atoms with E-state index in [1.54, 1.807) is 0 Å². The maximum Gasteiger partial charge on any atom is 0.0752 e. The lowest BCUT2D eigenvalue weighted by atomic mass is 10.2. The molecule has 9 heavy (non-hydrogen) atoms. The molecule has 46 valence electrons. The molecule has 0 spiro atoms. The highest BCUT2D eigenvalue weighted by molar-refractivity contribution is 5.61. The fraction of sp³-hybridized carbons (Fsp3) is 0.286. The number of hydrogen-bond acceptors (Lipinski definition) is 2. The molecule has 1 unspecified atom stereocenters. The van der Waals surface area contributed by atoms with Crippen LogP contribution in [0.2, 0.25) is 0 Å². The number of fused-ring (bicyclic) bond motifs is 1. The Labute approximate surface area is 54.2 Å². The minimum absolute atomic E-state index is 0.509. The van der Waals surface area contributed by atoms with Crippen LogP contribution in [-0.4, -0.2) is 17.3 Å². The lowest BCUT2D eigenvalue weighted by Gasteiger charge is -2.17. The minimum atomic E-state index is 0.509. The fourth-order valence-corrected chi connectivity index (χ4v) is 1.09. The van der Waals surface area contributed by atoms with Gasteiger partial charge >= 0.3 is 0 Å². The molecule has 0 fully saturated rings. The Morgan fingerprint density at radius 3 is 3.33 bits per heavy atom. The zero-order valence-corrected chi connectivity index (χ0v) is 5.07. The zero-order valence-electron chi connectivity index (χ0n) is 5.07. The van der Waals surface area contributed by atoms with E-state index in [2.05, 4.69) is 17.3 Å². The maximum absolute atomic E-state index is 4.13.